The number of anilines is 1. The predicted octanol–water partition coefficient (Wildman–Crippen LogP) is 2.41. The van der Waals surface area contributed by atoms with Crippen molar-refractivity contribution in [3.8, 4) is 5.75 Å². The van der Waals surface area contributed by atoms with Gasteiger partial charge in [0.25, 0.3) is 0 Å². The Morgan fingerprint density at radius 1 is 1.15 bits per heavy atom. The Bertz CT molecular complexity index is 420. The molecule has 1 fully saturated rings. The van der Waals surface area contributed by atoms with Crippen LogP contribution in [-0.4, -0.2) is 39.4 Å². The first kappa shape index (κ1) is 14.5. The van der Waals surface area contributed by atoms with E-state index in [2.05, 4.69) is 22.3 Å². The summed E-state index contributed by atoms with van der Waals surface area (Å²) in [5, 5.41) is 2.75. The van der Waals surface area contributed by atoms with Gasteiger partial charge in [0.2, 0.25) is 0 Å². The maximum Gasteiger partial charge on any atom is 0.407 e. The van der Waals surface area contributed by atoms with Crippen LogP contribution in [0.1, 0.15) is 19.3 Å². The van der Waals surface area contributed by atoms with Gasteiger partial charge < -0.3 is 19.7 Å². The van der Waals surface area contributed by atoms with Crippen LogP contribution in [0, 0.1) is 0 Å². The Morgan fingerprint density at radius 2 is 1.90 bits per heavy atom. The summed E-state index contributed by atoms with van der Waals surface area (Å²) in [5.74, 6) is 0.866. The molecule has 20 heavy (non-hydrogen) atoms. The highest BCUT2D eigenvalue weighted by atomic mass is 16.5. The number of methoxy groups -OCH3 is 1. The zero-order valence-electron chi connectivity index (χ0n) is 11.9. The average Bonchev–Trinajstić information content (AvgIpc) is 2.53. The van der Waals surface area contributed by atoms with Crippen LogP contribution in [-0.2, 0) is 4.74 Å². The Labute approximate surface area is 119 Å². The number of cyclic esters (lactones) is 1. The van der Waals surface area contributed by atoms with Crippen molar-refractivity contribution in [3.63, 3.8) is 0 Å². The van der Waals surface area contributed by atoms with Gasteiger partial charge in [-0.05, 0) is 43.5 Å². The van der Waals surface area contributed by atoms with E-state index in [-0.39, 0.29) is 6.09 Å². The molecule has 1 N–H and O–H groups in total. The van der Waals surface area contributed by atoms with Crippen molar-refractivity contribution in [1.82, 2.24) is 5.32 Å². The normalized spacial score (nSPS) is 17.6. The quantitative estimate of drug-likeness (QED) is 0.902. The Kier molecular flexibility index (Phi) is 5.53. The van der Waals surface area contributed by atoms with Crippen molar-refractivity contribution < 1.29 is 14.3 Å². The molecule has 0 spiro atoms. The number of carbonyl (C=O) groups excluding carboxylic acids is 1. The number of benzene rings is 1. The van der Waals surface area contributed by atoms with Crippen LogP contribution in [0.25, 0.3) is 0 Å². The molecule has 0 aromatic heterocycles. The number of hydrogen-bond donors (Lipinski definition) is 1. The second-order valence-corrected chi connectivity index (χ2v) is 4.81. The summed E-state index contributed by atoms with van der Waals surface area (Å²) in [4.78, 5) is 13.6. The van der Waals surface area contributed by atoms with Crippen LogP contribution in [0.2, 0.25) is 0 Å². The van der Waals surface area contributed by atoms with Gasteiger partial charge >= 0.3 is 6.09 Å². The third kappa shape index (κ3) is 4.33. The highest BCUT2D eigenvalue weighted by Crippen LogP contribution is 2.20. The van der Waals surface area contributed by atoms with Gasteiger partial charge in [-0.25, -0.2) is 4.79 Å². The lowest BCUT2D eigenvalue weighted by Crippen LogP contribution is -2.26. The molecule has 0 atom stereocenters. The lowest BCUT2D eigenvalue weighted by molar-refractivity contribution is 0.145. The molecule has 1 amide bonds. The van der Waals surface area contributed by atoms with Crippen molar-refractivity contribution in [3.05, 3.63) is 24.3 Å². The second kappa shape index (κ2) is 7.62. The Balaban J connectivity index is 1.97. The number of rotatable bonds is 2. The molecule has 0 unspecified atom stereocenters. The van der Waals surface area contributed by atoms with Gasteiger partial charge in [-0.3, -0.25) is 0 Å². The average molecular weight is 278 g/mol. The van der Waals surface area contributed by atoms with Gasteiger partial charge in [-0.1, -0.05) is 0 Å². The Hall–Kier alpha value is -1.91. The lowest BCUT2D eigenvalue weighted by Gasteiger charge is -2.24. The molecule has 5 heteroatoms. The van der Waals surface area contributed by atoms with E-state index in [9.17, 15) is 4.79 Å². The maximum absolute atomic E-state index is 11.3. The smallest absolute Gasteiger partial charge is 0.407 e. The van der Waals surface area contributed by atoms with E-state index >= 15 is 0 Å². The molecule has 1 aliphatic heterocycles. The maximum atomic E-state index is 11.3. The molecule has 1 saturated heterocycles. The van der Waals surface area contributed by atoms with Crippen LogP contribution in [0.4, 0.5) is 10.5 Å². The minimum atomic E-state index is -0.303. The largest absolute Gasteiger partial charge is 0.497 e. The third-order valence-corrected chi connectivity index (χ3v) is 3.37. The second-order valence-electron chi connectivity index (χ2n) is 4.81. The summed E-state index contributed by atoms with van der Waals surface area (Å²) in [6.07, 6.45) is 2.54. The van der Waals surface area contributed by atoms with Crippen molar-refractivity contribution >= 4 is 11.8 Å². The van der Waals surface area contributed by atoms with Gasteiger partial charge in [-0.2, -0.15) is 0 Å². The van der Waals surface area contributed by atoms with E-state index in [1.54, 1.807) is 7.11 Å². The summed E-state index contributed by atoms with van der Waals surface area (Å²) in [5.41, 5.74) is 1.18. The fraction of sp³-hybridized carbons (Fsp3) is 0.533. The molecule has 1 aliphatic rings. The molecule has 5 nitrogen and oxygen atoms in total. The summed E-state index contributed by atoms with van der Waals surface area (Å²) in [6, 6.07) is 8.09. The van der Waals surface area contributed by atoms with Crippen LogP contribution >= 0.6 is 0 Å². The highest BCUT2D eigenvalue weighted by molar-refractivity contribution is 5.67. The molecule has 0 aliphatic carbocycles. The summed E-state index contributed by atoms with van der Waals surface area (Å²) in [7, 11) is 1.67. The molecule has 0 saturated carbocycles. The van der Waals surface area contributed by atoms with Gasteiger partial charge in [-0.15, -0.1) is 0 Å². The first-order chi connectivity index (χ1) is 9.79. The van der Waals surface area contributed by atoms with E-state index in [1.165, 1.54) is 5.69 Å². The number of alkyl carbamates (subject to hydrolysis) is 1. The van der Waals surface area contributed by atoms with Gasteiger partial charge in [0, 0.05) is 25.3 Å². The van der Waals surface area contributed by atoms with E-state index < -0.39 is 0 Å². The zero-order chi connectivity index (χ0) is 14.2. The number of amides is 1. The molecule has 0 radical (unpaired) electrons. The van der Waals surface area contributed by atoms with Gasteiger partial charge in [0.1, 0.15) is 5.75 Å². The molecule has 1 aromatic rings. The van der Waals surface area contributed by atoms with E-state index in [1.807, 2.05) is 12.1 Å². The monoisotopic (exact) mass is 278 g/mol. The topological polar surface area (TPSA) is 50.8 Å². The molecule has 1 aromatic carbocycles. The fourth-order valence-corrected chi connectivity index (χ4v) is 2.25. The van der Waals surface area contributed by atoms with Crippen molar-refractivity contribution in [1.29, 1.82) is 0 Å². The molecule has 110 valence electrons. The van der Waals surface area contributed by atoms with Gasteiger partial charge in [0.15, 0.2) is 0 Å². The van der Waals surface area contributed by atoms with E-state index in [0.29, 0.717) is 13.2 Å². The molecule has 1 heterocycles. The molecular formula is C15H22N2O3. The number of nitrogens with zero attached hydrogens (tertiary/aromatic N) is 1. The molecule has 0 bridgehead atoms. The molecule has 2 rings (SSSR count). The zero-order valence-corrected chi connectivity index (χ0v) is 11.9. The van der Waals surface area contributed by atoms with Crippen molar-refractivity contribution in [2.75, 3.05) is 38.3 Å². The predicted molar refractivity (Wildman–Crippen MR) is 78.4 cm³/mol. The fourth-order valence-electron chi connectivity index (χ4n) is 2.25. The first-order valence-corrected chi connectivity index (χ1v) is 7.09. The van der Waals surface area contributed by atoms with Crippen molar-refractivity contribution in [2.24, 2.45) is 0 Å². The van der Waals surface area contributed by atoms with Crippen LogP contribution in [0.15, 0.2) is 24.3 Å². The van der Waals surface area contributed by atoms with Crippen LogP contribution < -0.4 is 15.0 Å². The lowest BCUT2D eigenvalue weighted by atomic mass is 10.2. The number of nitrogens with one attached hydrogen (secondary N) is 1. The highest BCUT2D eigenvalue weighted by Gasteiger charge is 2.09. The van der Waals surface area contributed by atoms with Crippen LogP contribution in [0.3, 0.4) is 0 Å². The minimum absolute atomic E-state index is 0.303. The van der Waals surface area contributed by atoms with E-state index in [4.69, 9.17) is 9.47 Å². The van der Waals surface area contributed by atoms with Gasteiger partial charge in [0.05, 0.1) is 13.7 Å². The molecular weight excluding hydrogens is 256 g/mol. The summed E-state index contributed by atoms with van der Waals surface area (Å²) < 4.78 is 10.3. The number of hydrogen-bond acceptors (Lipinski definition) is 4. The van der Waals surface area contributed by atoms with Crippen molar-refractivity contribution in [2.45, 2.75) is 19.3 Å². The minimum Gasteiger partial charge on any atom is -0.497 e. The van der Waals surface area contributed by atoms with E-state index in [0.717, 1.165) is 38.1 Å². The third-order valence-electron chi connectivity index (χ3n) is 3.37. The standard InChI is InChI=1S/C15H22N2O3/c1-19-14-7-5-13(6-8-14)17-10-3-2-9-16-15(18)20-12-4-11-17/h5-8H,2-4,9-12H2,1H3,(H,16,18). The summed E-state index contributed by atoms with van der Waals surface area (Å²) in [6.45, 7) is 3.01. The summed E-state index contributed by atoms with van der Waals surface area (Å²) >= 11 is 0. The number of carbonyl (C=O) groups is 1. The SMILES string of the molecule is COc1ccc(N2CCCCNC(=O)OCCC2)cc1. The number of ether oxygens (including phenoxy) is 2. The first-order valence-electron chi connectivity index (χ1n) is 7.09. The Morgan fingerprint density at radius 3 is 2.65 bits per heavy atom. The van der Waals surface area contributed by atoms with Crippen LogP contribution in [0.5, 0.6) is 5.75 Å².